The zero-order valence-corrected chi connectivity index (χ0v) is 16.6. The van der Waals surface area contributed by atoms with E-state index < -0.39 is 15.9 Å². The molecule has 10 heteroatoms. The normalized spacial score (nSPS) is 16.2. The Bertz CT molecular complexity index is 1400. The van der Waals surface area contributed by atoms with Gasteiger partial charge >= 0.3 is 11.6 Å². The number of carbonyl (C=O) groups is 1. The van der Waals surface area contributed by atoms with E-state index in [0.717, 1.165) is 5.39 Å². The lowest BCUT2D eigenvalue weighted by Crippen LogP contribution is -2.28. The van der Waals surface area contributed by atoms with Crippen LogP contribution in [0.15, 0.2) is 74.4 Å². The second-order valence-corrected chi connectivity index (χ2v) is 7.84. The van der Waals surface area contributed by atoms with Crippen molar-refractivity contribution in [1.82, 2.24) is 4.98 Å². The highest BCUT2D eigenvalue weighted by atomic mass is 32.2. The summed E-state index contributed by atoms with van der Waals surface area (Å²) in [6, 6.07) is 14.8. The Morgan fingerprint density at radius 1 is 1.10 bits per heavy atom. The average molecular weight is 435 g/mol. The van der Waals surface area contributed by atoms with Crippen molar-refractivity contribution in [2.45, 2.75) is 5.37 Å². The van der Waals surface area contributed by atoms with Crippen molar-refractivity contribution >= 4 is 40.3 Å². The Labute approximate surface area is 178 Å². The van der Waals surface area contributed by atoms with Gasteiger partial charge in [-0.2, -0.15) is 0 Å². The summed E-state index contributed by atoms with van der Waals surface area (Å²) in [5.41, 5.74) is 0.560. The van der Waals surface area contributed by atoms with Gasteiger partial charge in [0.15, 0.2) is 5.76 Å². The van der Waals surface area contributed by atoms with Crippen molar-refractivity contribution in [3.05, 3.63) is 86.9 Å². The van der Waals surface area contributed by atoms with Gasteiger partial charge in [-0.15, -0.1) is 11.8 Å². The van der Waals surface area contributed by atoms with Crippen molar-refractivity contribution in [1.29, 1.82) is 0 Å². The smallest absolute Gasteiger partial charge is 0.347 e. The lowest BCUT2D eigenvalue weighted by atomic mass is 10.1. The van der Waals surface area contributed by atoms with Crippen LogP contribution in [-0.2, 0) is 4.79 Å². The third-order valence-corrected chi connectivity index (χ3v) is 6.05. The quantitative estimate of drug-likeness (QED) is 0.267. The molecule has 2 aromatic heterocycles. The standard InChI is InChI=1S/C21H13N3O6S/c25-18-11-31-19(13-5-3-6-14(8-13)24(27)28)23(18)21-22-10-17(30-21)15-9-12-4-1-2-7-16(12)29-20(15)26/h1-10,19H,11H2. The van der Waals surface area contributed by atoms with Crippen molar-refractivity contribution in [3.8, 4) is 11.3 Å². The predicted octanol–water partition coefficient (Wildman–Crippen LogP) is 4.13. The molecular weight excluding hydrogens is 422 g/mol. The van der Waals surface area contributed by atoms with Crippen LogP contribution in [-0.4, -0.2) is 21.6 Å². The lowest BCUT2D eigenvalue weighted by Gasteiger charge is -2.20. The second-order valence-electron chi connectivity index (χ2n) is 6.77. The van der Waals surface area contributed by atoms with Crippen molar-refractivity contribution < 1.29 is 18.6 Å². The maximum Gasteiger partial charge on any atom is 0.347 e. The van der Waals surface area contributed by atoms with Crippen LogP contribution in [0.5, 0.6) is 0 Å². The van der Waals surface area contributed by atoms with Gasteiger partial charge < -0.3 is 8.83 Å². The molecule has 31 heavy (non-hydrogen) atoms. The molecule has 1 aliphatic rings. The van der Waals surface area contributed by atoms with E-state index >= 15 is 0 Å². The molecule has 0 radical (unpaired) electrons. The van der Waals surface area contributed by atoms with E-state index in [1.54, 1.807) is 36.4 Å². The van der Waals surface area contributed by atoms with Gasteiger partial charge in [0, 0.05) is 17.5 Å². The number of aromatic nitrogens is 1. The number of amides is 1. The molecule has 5 rings (SSSR count). The molecule has 2 aromatic carbocycles. The molecule has 1 unspecified atom stereocenters. The van der Waals surface area contributed by atoms with Crippen molar-refractivity contribution in [2.24, 2.45) is 0 Å². The number of fused-ring (bicyclic) bond motifs is 1. The van der Waals surface area contributed by atoms with Gasteiger partial charge in [-0.1, -0.05) is 30.3 Å². The minimum absolute atomic E-state index is 0.00839. The molecule has 3 heterocycles. The summed E-state index contributed by atoms with van der Waals surface area (Å²) in [4.78, 5) is 41.1. The van der Waals surface area contributed by atoms with Gasteiger partial charge in [0.05, 0.1) is 16.9 Å². The molecule has 0 aliphatic carbocycles. The lowest BCUT2D eigenvalue weighted by molar-refractivity contribution is -0.384. The minimum Gasteiger partial charge on any atom is -0.423 e. The van der Waals surface area contributed by atoms with Crippen LogP contribution < -0.4 is 10.5 Å². The van der Waals surface area contributed by atoms with Crippen molar-refractivity contribution in [3.63, 3.8) is 0 Å². The maximum atomic E-state index is 12.6. The van der Waals surface area contributed by atoms with Crippen LogP contribution in [0.2, 0.25) is 0 Å². The molecule has 1 amide bonds. The summed E-state index contributed by atoms with van der Waals surface area (Å²) < 4.78 is 11.1. The Hall–Kier alpha value is -3.92. The van der Waals surface area contributed by atoms with Gasteiger partial charge in [-0.25, -0.2) is 14.7 Å². The number of para-hydroxylation sites is 1. The zero-order chi connectivity index (χ0) is 21.5. The van der Waals surface area contributed by atoms with Gasteiger partial charge in [0.2, 0.25) is 5.91 Å². The molecule has 1 atom stereocenters. The number of hydrogen-bond acceptors (Lipinski definition) is 8. The molecule has 0 saturated carbocycles. The molecule has 9 nitrogen and oxygen atoms in total. The Balaban J connectivity index is 1.53. The van der Waals surface area contributed by atoms with Gasteiger partial charge in [-0.3, -0.25) is 14.9 Å². The van der Waals surface area contributed by atoms with Crippen LogP contribution in [0.25, 0.3) is 22.3 Å². The largest absolute Gasteiger partial charge is 0.423 e. The van der Waals surface area contributed by atoms with Crippen LogP contribution in [0, 0.1) is 10.1 Å². The van der Waals surface area contributed by atoms with E-state index in [4.69, 9.17) is 8.83 Å². The number of benzene rings is 2. The summed E-state index contributed by atoms with van der Waals surface area (Å²) in [7, 11) is 0. The van der Waals surface area contributed by atoms with E-state index in [1.165, 1.54) is 35.0 Å². The molecule has 154 valence electrons. The van der Waals surface area contributed by atoms with Crippen molar-refractivity contribution in [2.75, 3.05) is 10.7 Å². The third-order valence-electron chi connectivity index (χ3n) is 4.84. The van der Waals surface area contributed by atoms with E-state index in [-0.39, 0.29) is 34.7 Å². The van der Waals surface area contributed by atoms with E-state index in [2.05, 4.69) is 4.98 Å². The fourth-order valence-corrected chi connectivity index (χ4v) is 4.54. The Kier molecular flexibility index (Phi) is 4.55. The summed E-state index contributed by atoms with van der Waals surface area (Å²) in [6.07, 6.45) is 1.36. The number of nitrogens with zero attached hydrogens (tertiary/aromatic N) is 3. The van der Waals surface area contributed by atoms with Gasteiger partial charge in [0.1, 0.15) is 16.5 Å². The first kappa shape index (κ1) is 19.1. The summed E-state index contributed by atoms with van der Waals surface area (Å²) >= 11 is 1.31. The Morgan fingerprint density at radius 3 is 2.77 bits per heavy atom. The number of rotatable bonds is 4. The number of nitro benzene ring substituents is 1. The number of thioether (sulfide) groups is 1. The first-order valence-corrected chi connectivity index (χ1v) is 10.2. The first-order chi connectivity index (χ1) is 15.0. The zero-order valence-electron chi connectivity index (χ0n) is 15.8. The number of hydrogen-bond donors (Lipinski definition) is 0. The molecule has 0 bridgehead atoms. The number of carbonyl (C=O) groups excluding carboxylic acids is 1. The monoisotopic (exact) mass is 435 g/mol. The van der Waals surface area contributed by atoms with Crippen LogP contribution >= 0.6 is 11.8 Å². The van der Waals surface area contributed by atoms with Gasteiger partial charge in [0.25, 0.3) is 5.69 Å². The molecule has 0 N–H and O–H groups in total. The minimum atomic E-state index is -0.584. The number of oxazole rings is 1. The highest BCUT2D eigenvalue weighted by Gasteiger charge is 2.37. The number of nitro groups is 1. The molecule has 4 aromatic rings. The number of anilines is 1. The molecule has 1 fully saturated rings. The highest BCUT2D eigenvalue weighted by Crippen LogP contribution is 2.42. The van der Waals surface area contributed by atoms with Crippen LogP contribution in [0.3, 0.4) is 0 Å². The second kappa shape index (κ2) is 7.40. The molecule has 1 aliphatic heterocycles. The fraction of sp³-hybridized carbons (Fsp3) is 0.0952. The average Bonchev–Trinajstić information content (AvgIpc) is 3.39. The topological polar surface area (TPSA) is 120 Å². The predicted molar refractivity (Wildman–Crippen MR) is 114 cm³/mol. The molecular formula is C21H13N3O6S. The van der Waals surface area contributed by atoms with Gasteiger partial charge in [-0.05, 0) is 17.7 Å². The summed E-state index contributed by atoms with van der Waals surface area (Å²) in [5, 5.41) is 11.3. The maximum absolute atomic E-state index is 12.6. The molecule has 0 spiro atoms. The van der Waals surface area contributed by atoms with Crippen LogP contribution in [0.4, 0.5) is 11.7 Å². The third kappa shape index (κ3) is 3.36. The SMILES string of the molecule is O=C1CSC(c2cccc([N+](=O)[O-])c2)N1c1ncc(-c2cc3ccccc3oc2=O)o1. The fourth-order valence-electron chi connectivity index (χ4n) is 3.40. The van der Waals surface area contributed by atoms with Crippen LogP contribution in [0.1, 0.15) is 10.9 Å². The van der Waals surface area contributed by atoms with E-state index in [1.807, 2.05) is 6.07 Å². The molecule has 1 saturated heterocycles. The summed E-state index contributed by atoms with van der Waals surface area (Å²) in [6.45, 7) is 0. The number of non-ortho nitro benzene ring substituents is 1. The summed E-state index contributed by atoms with van der Waals surface area (Å²) in [5.74, 6) is 0.0841. The van der Waals surface area contributed by atoms with E-state index in [9.17, 15) is 19.7 Å². The highest BCUT2D eigenvalue weighted by molar-refractivity contribution is 8.00. The Morgan fingerprint density at radius 2 is 1.94 bits per heavy atom. The van der Waals surface area contributed by atoms with E-state index in [0.29, 0.717) is 11.1 Å². The first-order valence-electron chi connectivity index (χ1n) is 9.18.